The molecule has 0 aromatic heterocycles. The Morgan fingerprint density at radius 1 is 1.09 bits per heavy atom. The van der Waals surface area contributed by atoms with E-state index in [9.17, 15) is 20.2 Å². The van der Waals surface area contributed by atoms with Gasteiger partial charge in [-0.2, -0.15) is 0 Å². The Bertz CT molecular complexity index is 707. The van der Waals surface area contributed by atoms with Crippen molar-refractivity contribution in [2.75, 3.05) is 7.11 Å². The summed E-state index contributed by atoms with van der Waals surface area (Å²) in [5, 5.41) is 22.0. The predicted molar refractivity (Wildman–Crippen MR) is 80.6 cm³/mol. The molecule has 0 saturated heterocycles. The van der Waals surface area contributed by atoms with Gasteiger partial charge in [0.15, 0.2) is 0 Å². The molecule has 0 amide bonds. The summed E-state index contributed by atoms with van der Waals surface area (Å²) in [6.45, 7) is 1.25. The van der Waals surface area contributed by atoms with E-state index in [-0.39, 0.29) is 23.4 Å². The lowest BCUT2D eigenvalue weighted by molar-refractivity contribution is -0.395. The van der Waals surface area contributed by atoms with Gasteiger partial charge in [0.2, 0.25) is 0 Å². The lowest BCUT2D eigenvalue weighted by atomic mass is 10.1. The van der Waals surface area contributed by atoms with Gasteiger partial charge in [-0.25, -0.2) is 0 Å². The van der Waals surface area contributed by atoms with Crippen molar-refractivity contribution in [3.63, 3.8) is 0 Å². The van der Waals surface area contributed by atoms with Crippen LogP contribution in [0.15, 0.2) is 30.3 Å². The van der Waals surface area contributed by atoms with Crippen LogP contribution in [0, 0.1) is 33.2 Å². The number of nitro benzene ring substituents is 2. The number of benzene rings is 2. The van der Waals surface area contributed by atoms with Crippen molar-refractivity contribution in [1.82, 2.24) is 0 Å². The fourth-order valence-electron chi connectivity index (χ4n) is 1.96. The monoisotopic (exact) mass is 317 g/mol. The van der Waals surface area contributed by atoms with E-state index in [1.165, 1.54) is 20.1 Å². The normalized spacial score (nSPS) is 10.2. The molecule has 8 nitrogen and oxygen atoms in total. The third-order valence-corrected chi connectivity index (χ3v) is 3.16. The molecule has 23 heavy (non-hydrogen) atoms. The topological polar surface area (TPSA) is 105 Å². The van der Waals surface area contributed by atoms with E-state index in [2.05, 4.69) is 6.07 Å². The summed E-state index contributed by atoms with van der Waals surface area (Å²) in [5.74, 6) is 1.16. The zero-order valence-corrected chi connectivity index (χ0v) is 12.4. The molecule has 0 fully saturated rings. The lowest BCUT2D eigenvalue weighted by Gasteiger charge is -2.08. The van der Waals surface area contributed by atoms with E-state index < -0.39 is 15.5 Å². The highest BCUT2D eigenvalue weighted by Crippen LogP contribution is 2.29. The SMILES string of the molecule is COc1ccc(OCc2[c]c([N+](=O)[O-])c(C)c([N+](=O)[O-])c2)cc1. The van der Waals surface area contributed by atoms with Crippen molar-refractivity contribution in [3.05, 3.63) is 67.8 Å². The molecule has 0 aliphatic rings. The predicted octanol–water partition coefficient (Wildman–Crippen LogP) is 3.20. The minimum absolute atomic E-state index is 0.0341. The van der Waals surface area contributed by atoms with Crippen LogP contribution in [0.4, 0.5) is 11.4 Å². The molecule has 0 N–H and O–H groups in total. The van der Waals surface area contributed by atoms with Crippen LogP contribution >= 0.6 is 0 Å². The minimum Gasteiger partial charge on any atom is -0.497 e. The Morgan fingerprint density at radius 2 is 1.70 bits per heavy atom. The number of hydrogen-bond acceptors (Lipinski definition) is 6. The molecule has 0 bridgehead atoms. The molecule has 0 heterocycles. The van der Waals surface area contributed by atoms with E-state index in [1.54, 1.807) is 24.3 Å². The van der Waals surface area contributed by atoms with Gasteiger partial charge in [-0.3, -0.25) is 20.2 Å². The van der Waals surface area contributed by atoms with Gasteiger partial charge in [-0.05, 0) is 31.2 Å². The third-order valence-electron chi connectivity index (χ3n) is 3.16. The highest BCUT2D eigenvalue weighted by molar-refractivity contribution is 5.54. The molecule has 1 radical (unpaired) electrons. The molecule has 8 heteroatoms. The number of ether oxygens (including phenoxy) is 2. The highest BCUT2D eigenvalue weighted by Gasteiger charge is 2.23. The molecule has 0 spiro atoms. The van der Waals surface area contributed by atoms with Gasteiger partial charge in [-0.15, -0.1) is 0 Å². The van der Waals surface area contributed by atoms with Crippen LogP contribution in [-0.2, 0) is 6.61 Å². The zero-order valence-electron chi connectivity index (χ0n) is 12.4. The number of rotatable bonds is 6. The molecule has 0 aliphatic heterocycles. The first-order valence-electron chi connectivity index (χ1n) is 6.53. The van der Waals surface area contributed by atoms with Crippen LogP contribution in [-0.4, -0.2) is 17.0 Å². The van der Waals surface area contributed by atoms with Gasteiger partial charge >= 0.3 is 0 Å². The zero-order chi connectivity index (χ0) is 17.0. The van der Waals surface area contributed by atoms with Crippen molar-refractivity contribution in [2.45, 2.75) is 13.5 Å². The van der Waals surface area contributed by atoms with Gasteiger partial charge in [0.05, 0.1) is 23.0 Å². The minimum atomic E-state index is -0.695. The van der Waals surface area contributed by atoms with Crippen LogP contribution < -0.4 is 9.47 Å². The highest BCUT2D eigenvalue weighted by atomic mass is 16.6. The Hall–Kier alpha value is -3.16. The summed E-state index contributed by atoms with van der Waals surface area (Å²) in [7, 11) is 1.54. The van der Waals surface area contributed by atoms with E-state index in [1.807, 2.05) is 0 Å². The van der Waals surface area contributed by atoms with Crippen molar-refractivity contribution in [2.24, 2.45) is 0 Å². The fraction of sp³-hybridized carbons (Fsp3) is 0.200. The molecular formula is C15H13N2O6. The van der Waals surface area contributed by atoms with Gasteiger partial charge in [0.25, 0.3) is 11.4 Å². The van der Waals surface area contributed by atoms with Crippen molar-refractivity contribution in [3.8, 4) is 11.5 Å². The van der Waals surface area contributed by atoms with E-state index in [0.717, 1.165) is 0 Å². The molecule has 2 aromatic rings. The number of hydrogen-bond donors (Lipinski definition) is 0. The second-order valence-electron chi connectivity index (χ2n) is 4.63. The van der Waals surface area contributed by atoms with E-state index in [4.69, 9.17) is 9.47 Å². The second kappa shape index (κ2) is 6.73. The maximum atomic E-state index is 11.0. The van der Waals surface area contributed by atoms with Crippen LogP contribution in [0.5, 0.6) is 11.5 Å². The molecule has 0 aliphatic carbocycles. The Kier molecular flexibility index (Phi) is 4.75. The standard InChI is InChI=1S/C15H13N2O6/c1-10-14(16(18)19)7-11(8-15(10)17(20)21)9-23-13-5-3-12(22-2)4-6-13/h3-7H,9H2,1-2H3. The summed E-state index contributed by atoms with van der Waals surface area (Å²) >= 11 is 0. The van der Waals surface area contributed by atoms with Crippen molar-refractivity contribution in [1.29, 1.82) is 0 Å². The summed E-state index contributed by atoms with van der Waals surface area (Å²) in [6.07, 6.45) is 0. The first kappa shape index (κ1) is 16.2. The van der Waals surface area contributed by atoms with Gasteiger partial charge in [-0.1, -0.05) is 0 Å². The second-order valence-corrected chi connectivity index (χ2v) is 4.63. The Morgan fingerprint density at radius 3 is 2.22 bits per heavy atom. The molecule has 0 saturated carbocycles. The molecule has 2 rings (SSSR count). The van der Waals surface area contributed by atoms with Crippen LogP contribution in [0.2, 0.25) is 0 Å². The van der Waals surface area contributed by atoms with Gasteiger partial charge in [0, 0.05) is 11.6 Å². The maximum Gasteiger partial charge on any atom is 0.287 e. The lowest BCUT2D eigenvalue weighted by Crippen LogP contribution is -2.03. The summed E-state index contributed by atoms with van der Waals surface area (Å²) in [6, 6.07) is 10.5. The van der Waals surface area contributed by atoms with Crippen LogP contribution in [0.25, 0.3) is 0 Å². The average molecular weight is 317 g/mol. The van der Waals surface area contributed by atoms with Crippen molar-refractivity contribution < 1.29 is 19.3 Å². The number of nitrogens with zero attached hydrogens (tertiary/aromatic N) is 2. The van der Waals surface area contributed by atoms with Crippen molar-refractivity contribution >= 4 is 11.4 Å². The Labute approximate surface area is 131 Å². The smallest absolute Gasteiger partial charge is 0.287 e. The van der Waals surface area contributed by atoms with Crippen LogP contribution in [0.1, 0.15) is 11.1 Å². The van der Waals surface area contributed by atoms with Gasteiger partial charge < -0.3 is 9.47 Å². The van der Waals surface area contributed by atoms with Crippen LogP contribution in [0.3, 0.4) is 0 Å². The average Bonchev–Trinajstić information content (AvgIpc) is 2.53. The quantitative estimate of drug-likeness (QED) is 0.598. The molecule has 0 atom stereocenters. The summed E-state index contributed by atoms with van der Waals surface area (Å²) in [4.78, 5) is 20.6. The third kappa shape index (κ3) is 3.73. The fourth-order valence-corrected chi connectivity index (χ4v) is 1.96. The van der Waals surface area contributed by atoms with Gasteiger partial charge in [0.1, 0.15) is 23.7 Å². The number of nitro groups is 2. The molecule has 119 valence electrons. The molecular weight excluding hydrogens is 304 g/mol. The first-order valence-corrected chi connectivity index (χ1v) is 6.53. The number of methoxy groups -OCH3 is 1. The first-order chi connectivity index (χ1) is 10.9. The largest absolute Gasteiger partial charge is 0.497 e. The summed E-state index contributed by atoms with van der Waals surface area (Å²) < 4.78 is 10.5. The Balaban J connectivity index is 2.24. The van der Waals surface area contributed by atoms with E-state index >= 15 is 0 Å². The molecule has 2 aromatic carbocycles. The molecule has 0 unspecified atom stereocenters. The maximum absolute atomic E-state index is 11.0. The van der Waals surface area contributed by atoms with E-state index in [0.29, 0.717) is 11.5 Å². The summed E-state index contributed by atoms with van der Waals surface area (Å²) in [5.41, 5.74) is -0.561.